The van der Waals surface area contributed by atoms with Crippen LogP contribution in [0.3, 0.4) is 0 Å². The number of ether oxygens (including phenoxy) is 2. The molecule has 0 unspecified atom stereocenters. The molecule has 1 saturated heterocycles. The molecule has 9 nitrogen and oxygen atoms in total. The zero-order chi connectivity index (χ0) is 33.5. The number of rotatable bonds is 7. The first-order valence-corrected chi connectivity index (χ1v) is 15.4. The van der Waals surface area contributed by atoms with Gasteiger partial charge in [-0.25, -0.2) is 19.7 Å². The van der Waals surface area contributed by atoms with Gasteiger partial charge in [0.15, 0.2) is 0 Å². The molecule has 6 rings (SSSR count). The number of aryl methyl sites for hydroxylation is 2. The number of hydrogen-bond acceptors (Lipinski definition) is 7. The van der Waals surface area contributed by atoms with Crippen LogP contribution in [0.1, 0.15) is 33.6 Å². The number of benzene rings is 3. The van der Waals surface area contributed by atoms with E-state index in [2.05, 4.69) is 9.88 Å². The van der Waals surface area contributed by atoms with Gasteiger partial charge in [0.1, 0.15) is 23.1 Å². The Balaban J connectivity index is 1.44. The summed E-state index contributed by atoms with van der Waals surface area (Å²) in [5.41, 5.74) is 4.00. The molecule has 1 fully saturated rings. The van der Waals surface area contributed by atoms with E-state index in [9.17, 15) is 18.0 Å². The van der Waals surface area contributed by atoms with Crippen LogP contribution in [0.25, 0.3) is 0 Å². The lowest BCUT2D eigenvalue weighted by Gasteiger charge is -2.37. The van der Waals surface area contributed by atoms with E-state index in [0.717, 1.165) is 36.0 Å². The number of aromatic nitrogens is 2. The molecule has 47 heavy (non-hydrogen) atoms. The average molecular weight is 647 g/mol. The van der Waals surface area contributed by atoms with Crippen LogP contribution >= 0.6 is 0 Å². The number of nitrogens with zero attached hydrogens (tertiary/aromatic N) is 6. The number of urea groups is 1. The molecule has 0 aliphatic carbocycles. The van der Waals surface area contributed by atoms with Crippen LogP contribution < -0.4 is 24.2 Å². The topological polar surface area (TPSA) is 74.3 Å². The van der Waals surface area contributed by atoms with Crippen LogP contribution in [-0.2, 0) is 19.1 Å². The minimum Gasteiger partial charge on any atom is -0.497 e. The summed E-state index contributed by atoms with van der Waals surface area (Å²) in [5.74, 6) is 1.57. The van der Waals surface area contributed by atoms with Crippen molar-refractivity contribution in [2.45, 2.75) is 33.0 Å². The Labute approximate surface area is 272 Å². The third-order valence-electron chi connectivity index (χ3n) is 8.73. The highest BCUT2D eigenvalue weighted by Crippen LogP contribution is 2.42. The van der Waals surface area contributed by atoms with Gasteiger partial charge < -0.3 is 19.3 Å². The molecule has 0 radical (unpaired) electrons. The first-order valence-electron chi connectivity index (χ1n) is 15.4. The Bertz CT molecular complexity index is 1790. The molecule has 3 aromatic carbocycles. The number of fused-ring (bicyclic) bond motifs is 1. The number of hydrogen-bond donors (Lipinski definition) is 0. The minimum atomic E-state index is -4.51. The normalized spacial score (nSPS) is 15.6. The van der Waals surface area contributed by atoms with Gasteiger partial charge in [-0.1, -0.05) is 18.2 Å². The highest BCUT2D eigenvalue weighted by Gasteiger charge is 2.37. The fourth-order valence-corrected chi connectivity index (χ4v) is 6.24. The number of piperazine rings is 1. The van der Waals surface area contributed by atoms with Gasteiger partial charge in [0.25, 0.3) is 0 Å². The van der Waals surface area contributed by atoms with Crippen molar-refractivity contribution in [2.75, 3.05) is 62.1 Å². The number of anilines is 4. The van der Waals surface area contributed by atoms with E-state index >= 15 is 0 Å². The first-order chi connectivity index (χ1) is 22.5. The van der Waals surface area contributed by atoms with Gasteiger partial charge in [0.2, 0.25) is 0 Å². The van der Waals surface area contributed by atoms with E-state index in [-0.39, 0.29) is 19.0 Å². The lowest BCUT2D eigenvalue weighted by atomic mass is 10.0. The second-order valence-electron chi connectivity index (χ2n) is 12.0. The van der Waals surface area contributed by atoms with Crippen molar-refractivity contribution in [1.82, 2.24) is 14.9 Å². The van der Waals surface area contributed by atoms with Crippen LogP contribution in [0.15, 0.2) is 60.8 Å². The Morgan fingerprint density at radius 3 is 2.30 bits per heavy atom. The minimum absolute atomic E-state index is 0.0420. The van der Waals surface area contributed by atoms with E-state index in [4.69, 9.17) is 14.5 Å². The van der Waals surface area contributed by atoms with Crippen molar-refractivity contribution in [1.29, 1.82) is 0 Å². The fraction of sp³-hybridized carbons (Fsp3) is 0.343. The zero-order valence-electron chi connectivity index (χ0n) is 27.1. The van der Waals surface area contributed by atoms with E-state index < -0.39 is 11.7 Å². The predicted octanol–water partition coefficient (Wildman–Crippen LogP) is 6.75. The maximum absolute atomic E-state index is 14.5. The highest BCUT2D eigenvalue weighted by atomic mass is 19.4. The molecule has 246 valence electrons. The molecule has 4 aromatic rings. The Hall–Kier alpha value is -4.84. The molecule has 2 aliphatic heterocycles. The Morgan fingerprint density at radius 2 is 1.64 bits per heavy atom. The molecule has 3 heterocycles. The van der Waals surface area contributed by atoms with Crippen molar-refractivity contribution in [3.05, 3.63) is 94.4 Å². The third kappa shape index (κ3) is 6.42. The quantitative estimate of drug-likeness (QED) is 0.220. The van der Waals surface area contributed by atoms with Crippen LogP contribution in [0, 0.1) is 13.8 Å². The first kappa shape index (κ1) is 32.1. The zero-order valence-corrected chi connectivity index (χ0v) is 27.1. The van der Waals surface area contributed by atoms with Crippen LogP contribution in [0.4, 0.5) is 40.8 Å². The SMILES string of the molecule is COc1ccc(N2C(=O)N(c3c(C)cccc3C)Cc3cnc(Cc4cc(N5CCN(C)CC5)cc(C(F)(F)F)c4)nc32)c(OC)c1. The van der Waals surface area contributed by atoms with Crippen molar-refractivity contribution in [2.24, 2.45) is 0 Å². The number of methoxy groups -OCH3 is 2. The maximum Gasteiger partial charge on any atom is 0.416 e. The molecular formula is C35H37F3N6O3. The van der Waals surface area contributed by atoms with Crippen molar-refractivity contribution in [3.63, 3.8) is 0 Å². The number of alkyl halides is 3. The summed E-state index contributed by atoms with van der Waals surface area (Å²) in [5, 5.41) is 0. The number of para-hydroxylation sites is 1. The third-order valence-corrected chi connectivity index (χ3v) is 8.73. The summed E-state index contributed by atoms with van der Waals surface area (Å²) in [6, 6.07) is 14.8. The summed E-state index contributed by atoms with van der Waals surface area (Å²) < 4.78 is 53.2. The van der Waals surface area contributed by atoms with E-state index in [1.54, 1.807) is 42.5 Å². The summed E-state index contributed by atoms with van der Waals surface area (Å²) in [6.45, 7) is 6.90. The molecule has 0 saturated carbocycles. The van der Waals surface area contributed by atoms with Crippen LogP contribution in [0.5, 0.6) is 11.5 Å². The average Bonchev–Trinajstić information content (AvgIpc) is 3.04. The fourth-order valence-electron chi connectivity index (χ4n) is 6.24. The van der Waals surface area contributed by atoms with Crippen molar-refractivity contribution >= 4 is 28.9 Å². The summed E-state index contributed by atoms with van der Waals surface area (Å²) in [6.07, 6.45) is -2.82. The second kappa shape index (κ2) is 12.7. The van der Waals surface area contributed by atoms with Crippen LogP contribution in [-0.4, -0.2) is 68.3 Å². The lowest BCUT2D eigenvalue weighted by Crippen LogP contribution is -2.46. The molecule has 1 aromatic heterocycles. The van der Waals surface area contributed by atoms with Crippen LogP contribution in [0.2, 0.25) is 0 Å². The molecule has 12 heteroatoms. The van der Waals surface area contributed by atoms with E-state index in [0.29, 0.717) is 58.7 Å². The highest BCUT2D eigenvalue weighted by molar-refractivity contribution is 6.11. The van der Waals surface area contributed by atoms with Gasteiger partial charge in [-0.3, -0.25) is 4.90 Å². The maximum atomic E-state index is 14.5. The summed E-state index contributed by atoms with van der Waals surface area (Å²) in [4.78, 5) is 31.2. The largest absolute Gasteiger partial charge is 0.497 e. The number of halogens is 3. The number of carbonyl (C=O) groups excluding carboxylic acids is 1. The van der Waals surface area contributed by atoms with Crippen molar-refractivity contribution < 1.29 is 27.4 Å². The second-order valence-corrected chi connectivity index (χ2v) is 12.0. The summed E-state index contributed by atoms with van der Waals surface area (Å²) in [7, 11) is 5.05. The van der Waals surface area contributed by atoms with E-state index in [1.807, 2.05) is 44.0 Å². The Morgan fingerprint density at radius 1 is 0.915 bits per heavy atom. The number of carbonyl (C=O) groups is 1. The molecule has 2 amide bonds. The van der Waals surface area contributed by atoms with Crippen molar-refractivity contribution in [3.8, 4) is 11.5 Å². The number of likely N-dealkylation sites (N-methyl/N-ethyl adjacent to an activating group) is 1. The molecular weight excluding hydrogens is 609 g/mol. The molecule has 0 N–H and O–H groups in total. The molecule has 0 spiro atoms. The van der Waals surface area contributed by atoms with Gasteiger partial charge in [-0.05, 0) is 67.9 Å². The molecule has 2 aliphatic rings. The van der Waals surface area contributed by atoms with E-state index in [1.165, 1.54) is 18.1 Å². The van der Waals surface area contributed by atoms with Gasteiger partial charge in [-0.15, -0.1) is 0 Å². The smallest absolute Gasteiger partial charge is 0.416 e. The molecule has 0 atom stereocenters. The van der Waals surface area contributed by atoms with Gasteiger partial charge in [0.05, 0.1) is 37.7 Å². The predicted molar refractivity (Wildman–Crippen MR) is 175 cm³/mol. The monoisotopic (exact) mass is 646 g/mol. The summed E-state index contributed by atoms with van der Waals surface area (Å²) >= 11 is 0. The Kier molecular flexibility index (Phi) is 8.71. The van der Waals surface area contributed by atoms with Gasteiger partial charge in [0, 0.05) is 56.1 Å². The molecule has 0 bridgehead atoms. The lowest BCUT2D eigenvalue weighted by molar-refractivity contribution is -0.137. The van der Waals surface area contributed by atoms with Gasteiger partial charge in [-0.2, -0.15) is 13.2 Å². The standard InChI is InChI=1S/C35H37F3N6O3/c1-22-7-6-8-23(2)32(22)43-21-25-20-39-31(40-33(25)44(34(43)45)29-10-9-28(46-4)19-30(29)47-5)17-24-15-26(35(36,37)38)18-27(16-24)42-13-11-41(3)12-14-42/h6-10,15-16,18-20H,11-14,17,21H2,1-5H3. The van der Waals surface area contributed by atoms with Gasteiger partial charge >= 0.3 is 12.2 Å². The number of amides is 2.